The number of aliphatic hydroxyl groups is 1. The first kappa shape index (κ1) is 25.6. The van der Waals surface area contributed by atoms with E-state index in [0.29, 0.717) is 6.42 Å². The first-order valence-electron chi connectivity index (χ1n) is 11.7. The Hall–Kier alpha value is -2.49. The molecule has 4 rings (SSSR count). The van der Waals surface area contributed by atoms with Crippen molar-refractivity contribution in [3.63, 3.8) is 0 Å². The number of amides is 2. The Morgan fingerprint density at radius 1 is 1.31 bits per heavy atom. The number of carbonyl (C=O) groups is 3. The molecule has 2 amide bonds. The van der Waals surface area contributed by atoms with Gasteiger partial charge in [0.25, 0.3) is 5.91 Å². The van der Waals surface area contributed by atoms with Gasteiger partial charge in [0.15, 0.2) is 0 Å². The molecule has 3 aliphatic heterocycles. The number of esters is 1. The van der Waals surface area contributed by atoms with Gasteiger partial charge < -0.3 is 24.4 Å². The van der Waals surface area contributed by atoms with Gasteiger partial charge in [-0.3, -0.25) is 14.4 Å². The molecule has 1 aromatic rings. The molecule has 1 spiro atoms. The summed E-state index contributed by atoms with van der Waals surface area (Å²) in [6.07, 6.45) is 2.89. The van der Waals surface area contributed by atoms with Gasteiger partial charge in [-0.05, 0) is 31.4 Å². The van der Waals surface area contributed by atoms with Gasteiger partial charge in [0.05, 0.1) is 24.5 Å². The Labute approximate surface area is 213 Å². The van der Waals surface area contributed by atoms with Crippen molar-refractivity contribution in [2.24, 2.45) is 11.8 Å². The summed E-state index contributed by atoms with van der Waals surface area (Å²) in [5.41, 5.74) is 1.36. The second-order valence-electron chi connectivity index (χ2n) is 9.32. The molecule has 3 aliphatic rings. The van der Waals surface area contributed by atoms with Crippen LogP contribution < -0.4 is 4.90 Å². The number of aliphatic hydroxyl groups excluding tert-OH is 1. The number of likely N-dealkylation sites (tertiary alicyclic amines) is 1. The lowest BCUT2D eigenvalue weighted by Gasteiger charge is -2.37. The zero-order valence-electron chi connectivity index (χ0n) is 20.0. The van der Waals surface area contributed by atoms with Crippen molar-refractivity contribution in [3.05, 3.63) is 54.6 Å². The number of alkyl halides is 1. The highest BCUT2D eigenvalue weighted by atomic mass is 79.9. The van der Waals surface area contributed by atoms with E-state index in [1.807, 2.05) is 32.0 Å². The van der Waals surface area contributed by atoms with Gasteiger partial charge in [-0.15, -0.1) is 6.58 Å². The molecule has 0 saturated carbocycles. The fourth-order valence-corrected chi connectivity index (χ4v) is 7.01. The average molecular weight is 547 g/mol. The lowest BCUT2D eigenvalue weighted by molar-refractivity contribution is -0.153. The van der Waals surface area contributed by atoms with E-state index >= 15 is 0 Å². The fourth-order valence-electron chi connectivity index (χ4n) is 6.06. The largest absolute Gasteiger partial charge is 0.461 e. The van der Waals surface area contributed by atoms with Gasteiger partial charge in [-0.2, -0.15) is 0 Å². The minimum Gasteiger partial charge on any atom is -0.461 e. The molecule has 3 fully saturated rings. The monoisotopic (exact) mass is 546 g/mol. The molecule has 3 saturated heterocycles. The van der Waals surface area contributed by atoms with Crippen LogP contribution in [-0.4, -0.2) is 76.7 Å². The van der Waals surface area contributed by atoms with Crippen LogP contribution in [0.25, 0.3) is 0 Å². The second kappa shape index (κ2) is 9.87. The SMILES string of the molecule is C=CCOC(=O)[C@H]1[C@@H]2OC3(CC2Br)C(C(=O)N(CC=C)c2c(C)cccc2C)N(CCO)C(=O)[C@H]13. The topological polar surface area (TPSA) is 96.4 Å². The number of nitrogens with zero attached hydrogens (tertiary/aromatic N) is 2. The van der Waals surface area contributed by atoms with Crippen LogP contribution >= 0.6 is 15.9 Å². The van der Waals surface area contributed by atoms with Gasteiger partial charge in [0.1, 0.15) is 18.2 Å². The Morgan fingerprint density at radius 3 is 2.60 bits per heavy atom. The van der Waals surface area contributed by atoms with Gasteiger partial charge in [-0.25, -0.2) is 0 Å². The third kappa shape index (κ3) is 3.93. The number of anilines is 1. The maximum Gasteiger partial charge on any atom is 0.312 e. The molecule has 1 aromatic carbocycles. The summed E-state index contributed by atoms with van der Waals surface area (Å²) in [5, 5.41) is 9.78. The van der Waals surface area contributed by atoms with E-state index in [1.54, 1.807) is 11.0 Å². The maximum atomic E-state index is 14.3. The number of hydrogen-bond acceptors (Lipinski definition) is 6. The molecule has 3 heterocycles. The molecule has 0 aliphatic carbocycles. The summed E-state index contributed by atoms with van der Waals surface area (Å²) in [6.45, 7) is 11.1. The minimum absolute atomic E-state index is 0.0191. The van der Waals surface area contributed by atoms with E-state index in [2.05, 4.69) is 29.1 Å². The lowest BCUT2D eigenvalue weighted by Crippen LogP contribution is -2.57. The number of halogens is 1. The molecule has 35 heavy (non-hydrogen) atoms. The van der Waals surface area contributed by atoms with Crippen molar-refractivity contribution >= 4 is 39.4 Å². The van der Waals surface area contributed by atoms with Crippen LogP contribution in [0.4, 0.5) is 5.69 Å². The Balaban J connectivity index is 1.80. The van der Waals surface area contributed by atoms with Gasteiger partial charge in [-0.1, -0.05) is 52.9 Å². The van der Waals surface area contributed by atoms with Crippen LogP contribution in [-0.2, 0) is 23.9 Å². The number of fused-ring (bicyclic) bond motifs is 1. The summed E-state index contributed by atoms with van der Waals surface area (Å²) in [7, 11) is 0. The molecular weight excluding hydrogens is 516 g/mol. The quantitative estimate of drug-likeness (QED) is 0.290. The standard InChI is InChI=1S/C26H31BrN2O6/c1-5-10-28(20-15(3)8-7-9-16(20)4)24(32)22-26-14-17(27)21(35-26)18(25(33)34-13-6-2)19(26)23(31)29(22)11-12-30/h5-9,17-19,21-22,30H,1-2,10-14H2,3-4H3/t17?,18-,19+,21-,22?,26?/m1/s1. The third-order valence-electron chi connectivity index (χ3n) is 7.27. The van der Waals surface area contributed by atoms with Crippen LogP contribution in [0.15, 0.2) is 43.5 Å². The van der Waals surface area contributed by atoms with Crippen molar-refractivity contribution in [2.75, 3.05) is 31.2 Å². The van der Waals surface area contributed by atoms with Crippen molar-refractivity contribution in [3.8, 4) is 0 Å². The molecule has 3 unspecified atom stereocenters. The minimum atomic E-state index is -1.21. The van der Waals surface area contributed by atoms with E-state index in [9.17, 15) is 19.5 Å². The van der Waals surface area contributed by atoms with Crippen LogP contribution in [0, 0.1) is 25.7 Å². The van der Waals surface area contributed by atoms with Crippen LogP contribution in [0.2, 0.25) is 0 Å². The Kier molecular flexibility index (Phi) is 7.22. The summed E-state index contributed by atoms with van der Waals surface area (Å²) in [6, 6.07) is 4.77. The summed E-state index contributed by atoms with van der Waals surface area (Å²) < 4.78 is 11.7. The highest BCUT2D eigenvalue weighted by Gasteiger charge is 2.77. The van der Waals surface area contributed by atoms with E-state index in [0.717, 1.165) is 16.8 Å². The smallest absolute Gasteiger partial charge is 0.312 e. The number of ether oxygens (including phenoxy) is 2. The predicted octanol–water partition coefficient (Wildman–Crippen LogP) is 2.29. The fraction of sp³-hybridized carbons (Fsp3) is 0.500. The maximum absolute atomic E-state index is 14.3. The van der Waals surface area contributed by atoms with E-state index in [4.69, 9.17) is 9.47 Å². The number of β-amino-alcohol motifs (C(OH)–C–C–N with tert-alkyl or cyclic N) is 1. The lowest BCUT2D eigenvalue weighted by atomic mass is 9.70. The van der Waals surface area contributed by atoms with Crippen molar-refractivity contribution < 1.29 is 29.0 Å². The molecular formula is C26H31BrN2O6. The second-order valence-corrected chi connectivity index (χ2v) is 10.5. The number of benzene rings is 1. The summed E-state index contributed by atoms with van der Waals surface area (Å²) in [4.78, 5) is 43.8. The first-order chi connectivity index (χ1) is 16.7. The highest BCUT2D eigenvalue weighted by Crippen LogP contribution is 2.60. The average Bonchev–Trinajstić information content (AvgIpc) is 3.40. The van der Waals surface area contributed by atoms with Crippen molar-refractivity contribution in [1.82, 2.24) is 4.90 Å². The number of rotatable bonds is 9. The number of hydrogen-bond donors (Lipinski definition) is 1. The molecule has 188 valence electrons. The zero-order valence-corrected chi connectivity index (χ0v) is 21.6. The Bertz CT molecular complexity index is 1040. The van der Waals surface area contributed by atoms with Crippen molar-refractivity contribution in [2.45, 2.75) is 42.8 Å². The van der Waals surface area contributed by atoms with Gasteiger partial charge in [0, 0.05) is 23.6 Å². The van der Waals surface area contributed by atoms with E-state index in [-0.39, 0.29) is 42.9 Å². The first-order valence-corrected chi connectivity index (χ1v) is 12.6. The summed E-state index contributed by atoms with van der Waals surface area (Å²) in [5.74, 6) is -2.98. The van der Waals surface area contributed by atoms with Gasteiger partial charge in [0.2, 0.25) is 5.91 Å². The van der Waals surface area contributed by atoms with Crippen LogP contribution in [0.3, 0.4) is 0 Å². The predicted molar refractivity (Wildman–Crippen MR) is 134 cm³/mol. The highest BCUT2D eigenvalue weighted by molar-refractivity contribution is 9.09. The molecule has 1 N–H and O–H groups in total. The molecule has 0 radical (unpaired) electrons. The van der Waals surface area contributed by atoms with E-state index in [1.165, 1.54) is 11.0 Å². The third-order valence-corrected chi connectivity index (χ3v) is 8.11. The van der Waals surface area contributed by atoms with Crippen LogP contribution in [0.1, 0.15) is 17.5 Å². The molecule has 2 bridgehead atoms. The molecule has 9 heteroatoms. The molecule has 6 atom stereocenters. The van der Waals surface area contributed by atoms with Crippen molar-refractivity contribution in [1.29, 1.82) is 0 Å². The van der Waals surface area contributed by atoms with E-state index < -0.39 is 35.6 Å². The molecule has 0 aromatic heterocycles. The number of carbonyl (C=O) groups excluding carboxylic acids is 3. The number of para-hydroxylation sites is 1. The van der Waals surface area contributed by atoms with Crippen LogP contribution in [0.5, 0.6) is 0 Å². The zero-order chi connectivity index (χ0) is 25.5. The molecule has 8 nitrogen and oxygen atoms in total. The summed E-state index contributed by atoms with van der Waals surface area (Å²) >= 11 is 3.62. The Morgan fingerprint density at radius 2 is 2.00 bits per heavy atom. The normalized spacial score (nSPS) is 30.8. The number of aryl methyl sites for hydroxylation is 2. The van der Waals surface area contributed by atoms with Gasteiger partial charge >= 0.3 is 5.97 Å².